The van der Waals surface area contributed by atoms with Gasteiger partial charge in [0.05, 0.1) is 0 Å². The maximum Gasteiger partial charge on any atom is 0.160 e. The third-order valence-corrected chi connectivity index (χ3v) is 4.56. The van der Waals surface area contributed by atoms with Gasteiger partial charge in [0, 0.05) is 20.7 Å². The predicted molar refractivity (Wildman–Crippen MR) is 84.9 cm³/mol. The zero-order valence-electron chi connectivity index (χ0n) is 10.9. The van der Waals surface area contributed by atoms with E-state index in [1.165, 1.54) is 11.1 Å². The standard InChI is InChI=1S/C16H15BrOS/c1-11-5-3-4-6-13(11)10-19-16-9-14(17)7-8-15(16)12(2)18/h3-9H,10H2,1-2H3. The lowest BCUT2D eigenvalue weighted by Gasteiger charge is -2.09. The Morgan fingerprint density at radius 2 is 1.95 bits per heavy atom. The molecule has 98 valence electrons. The number of hydrogen-bond donors (Lipinski definition) is 0. The first-order valence-electron chi connectivity index (χ1n) is 6.05. The lowest BCUT2D eigenvalue weighted by atomic mass is 10.1. The second-order valence-electron chi connectivity index (χ2n) is 4.41. The summed E-state index contributed by atoms with van der Waals surface area (Å²) in [5.74, 6) is 0.989. The zero-order valence-corrected chi connectivity index (χ0v) is 13.3. The van der Waals surface area contributed by atoms with E-state index in [0.717, 1.165) is 20.7 Å². The molecule has 19 heavy (non-hydrogen) atoms. The molecule has 0 heterocycles. The van der Waals surface area contributed by atoms with E-state index in [4.69, 9.17) is 0 Å². The molecule has 0 spiro atoms. The third-order valence-electron chi connectivity index (χ3n) is 2.97. The molecule has 0 aliphatic carbocycles. The van der Waals surface area contributed by atoms with Crippen LogP contribution in [0.5, 0.6) is 0 Å². The van der Waals surface area contributed by atoms with Gasteiger partial charge in [-0.1, -0.05) is 40.2 Å². The fourth-order valence-corrected chi connectivity index (χ4v) is 3.56. The molecule has 0 fully saturated rings. The molecule has 2 aromatic rings. The molecule has 0 amide bonds. The van der Waals surface area contributed by atoms with E-state index in [9.17, 15) is 4.79 Å². The van der Waals surface area contributed by atoms with E-state index in [1.807, 2.05) is 24.3 Å². The first-order chi connectivity index (χ1) is 9.08. The first kappa shape index (κ1) is 14.4. The van der Waals surface area contributed by atoms with Crippen molar-refractivity contribution in [1.82, 2.24) is 0 Å². The van der Waals surface area contributed by atoms with Crippen molar-refractivity contribution in [3.63, 3.8) is 0 Å². The van der Waals surface area contributed by atoms with Crippen LogP contribution >= 0.6 is 27.7 Å². The Bertz CT molecular complexity index is 607. The number of ketones is 1. The molecule has 0 saturated heterocycles. The smallest absolute Gasteiger partial charge is 0.160 e. The molecular weight excluding hydrogens is 320 g/mol. The number of rotatable bonds is 4. The van der Waals surface area contributed by atoms with Crippen LogP contribution in [0.1, 0.15) is 28.4 Å². The SMILES string of the molecule is CC(=O)c1ccc(Br)cc1SCc1ccccc1C. The number of Topliss-reactive ketones (excluding diaryl/α,β-unsaturated/α-hetero) is 1. The highest BCUT2D eigenvalue weighted by atomic mass is 79.9. The largest absolute Gasteiger partial charge is 0.294 e. The number of hydrogen-bond acceptors (Lipinski definition) is 2. The number of halogens is 1. The Morgan fingerprint density at radius 3 is 2.63 bits per heavy atom. The van der Waals surface area contributed by atoms with Crippen molar-refractivity contribution in [2.45, 2.75) is 24.5 Å². The molecule has 3 heteroatoms. The summed E-state index contributed by atoms with van der Waals surface area (Å²) in [5.41, 5.74) is 3.39. The summed E-state index contributed by atoms with van der Waals surface area (Å²) in [6.45, 7) is 3.73. The van der Waals surface area contributed by atoms with Crippen LogP contribution in [-0.2, 0) is 5.75 Å². The van der Waals surface area contributed by atoms with Gasteiger partial charge in [-0.05, 0) is 43.2 Å². The van der Waals surface area contributed by atoms with Gasteiger partial charge in [0.25, 0.3) is 0 Å². The average molecular weight is 335 g/mol. The Kier molecular flexibility index (Phi) is 4.83. The lowest BCUT2D eigenvalue weighted by molar-refractivity contribution is 0.101. The molecule has 0 unspecified atom stereocenters. The molecule has 0 atom stereocenters. The number of thioether (sulfide) groups is 1. The van der Waals surface area contributed by atoms with E-state index in [1.54, 1.807) is 18.7 Å². The molecule has 0 N–H and O–H groups in total. The van der Waals surface area contributed by atoms with Gasteiger partial charge in [0.1, 0.15) is 0 Å². The summed E-state index contributed by atoms with van der Waals surface area (Å²) in [6.07, 6.45) is 0. The maximum atomic E-state index is 11.6. The normalized spacial score (nSPS) is 10.5. The monoisotopic (exact) mass is 334 g/mol. The van der Waals surface area contributed by atoms with Gasteiger partial charge in [-0.3, -0.25) is 4.79 Å². The van der Waals surface area contributed by atoms with Crippen LogP contribution in [0, 0.1) is 6.92 Å². The van der Waals surface area contributed by atoms with Gasteiger partial charge < -0.3 is 0 Å². The molecule has 1 nitrogen and oxygen atoms in total. The van der Waals surface area contributed by atoms with Crippen LogP contribution in [0.4, 0.5) is 0 Å². The Balaban J connectivity index is 2.22. The Morgan fingerprint density at radius 1 is 1.21 bits per heavy atom. The van der Waals surface area contributed by atoms with Crippen molar-refractivity contribution in [1.29, 1.82) is 0 Å². The summed E-state index contributed by atoms with van der Waals surface area (Å²) in [6, 6.07) is 14.1. The fourth-order valence-electron chi connectivity index (χ4n) is 1.83. The highest BCUT2D eigenvalue weighted by Crippen LogP contribution is 2.30. The quantitative estimate of drug-likeness (QED) is 0.560. The molecule has 0 radical (unpaired) electrons. The van der Waals surface area contributed by atoms with Gasteiger partial charge >= 0.3 is 0 Å². The van der Waals surface area contributed by atoms with Crippen LogP contribution in [0.25, 0.3) is 0 Å². The van der Waals surface area contributed by atoms with E-state index < -0.39 is 0 Å². The van der Waals surface area contributed by atoms with E-state index in [-0.39, 0.29) is 5.78 Å². The van der Waals surface area contributed by atoms with E-state index >= 15 is 0 Å². The summed E-state index contributed by atoms with van der Waals surface area (Å²) in [5, 5.41) is 0. The maximum absolute atomic E-state index is 11.6. The first-order valence-corrected chi connectivity index (χ1v) is 7.83. The van der Waals surface area contributed by atoms with Crippen molar-refractivity contribution >= 4 is 33.5 Å². The van der Waals surface area contributed by atoms with Crippen molar-refractivity contribution in [3.05, 3.63) is 63.6 Å². The van der Waals surface area contributed by atoms with Crippen LogP contribution in [-0.4, -0.2) is 5.78 Å². The molecule has 2 aromatic carbocycles. The van der Waals surface area contributed by atoms with Crippen molar-refractivity contribution in [2.24, 2.45) is 0 Å². The molecule has 0 bridgehead atoms. The highest BCUT2D eigenvalue weighted by Gasteiger charge is 2.09. The molecule has 0 aromatic heterocycles. The topological polar surface area (TPSA) is 17.1 Å². The molecule has 0 saturated carbocycles. The van der Waals surface area contributed by atoms with E-state index in [2.05, 4.69) is 41.1 Å². The van der Waals surface area contributed by atoms with Gasteiger partial charge in [0.15, 0.2) is 5.78 Å². The number of aryl methyl sites for hydroxylation is 1. The van der Waals surface area contributed by atoms with Crippen molar-refractivity contribution in [2.75, 3.05) is 0 Å². The van der Waals surface area contributed by atoms with Crippen LogP contribution in [0.3, 0.4) is 0 Å². The van der Waals surface area contributed by atoms with Gasteiger partial charge in [-0.2, -0.15) is 0 Å². The van der Waals surface area contributed by atoms with Crippen molar-refractivity contribution in [3.8, 4) is 0 Å². The summed E-state index contributed by atoms with van der Waals surface area (Å²) in [4.78, 5) is 12.7. The molecule has 0 aliphatic heterocycles. The second kappa shape index (κ2) is 6.40. The minimum absolute atomic E-state index is 0.111. The number of carbonyl (C=O) groups excluding carboxylic acids is 1. The lowest BCUT2D eigenvalue weighted by Crippen LogP contribution is -1.95. The van der Waals surface area contributed by atoms with Gasteiger partial charge in [0.2, 0.25) is 0 Å². The second-order valence-corrected chi connectivity index (χ2v) is 6.34. The molecule has 0 aliphatic rings. The summed E-state index contributed by atoms with van der Waals surface area (Å²) in [7, 11) is 0. The third kappa shape index (κ3) is 3.71. The highest BCUT2D eigenvalue weighted by molar-refractivity contribution is 9.10. The zero-order chi connectivity index (χ0) is 13.8. The van der Waals surface area contributed by atoms with Gasteiger partial charge in [-0.15, -0.1) is 11.8 Å². The number of carbonyl (C=O) groups is 1. The Hall–Kier alpha value is -1.06. The minimum Gasteiger partial charge on any atom is -0.294 e. The number of benzene rings is 2. The van der Waals surface area contributed by atoms with Crippen LogP contribution in [0.2, 0.25) is 0 Å². The molecular formula is C16H15BrOS. The average Bonchev–Trinajstić information content (AvgIpc) is 2.37. The predicted octanol–water partition coefficient (Wildman–Crippen LogP) is 5.25. The fraction of sp³-hybridized carbons (Fsp3) is 0.188. The summed E-state index contributed by atoms with van der Waals surface area (Å²) < 4.78 is 1.00. The van der Waals surface area contributed by atoms with Crippen LogP contribution in [0.15, 0.2) is 51.8 Å². The van der Waals surface area contributed by atoms with Crippen molar-refractivity contribution < 1.29 is 4.79 Å². The van der Waals surface area contributed by atoms with Gasteiger partial charge in [-0.25, -0.2) is 0 Å². The molecule has 2 rings (SSSR count). The minimum atomic E-state index is 0.111. The van der Waals surface area contributed by atoms with Crippen LogP contribution < -0.4 is 0 Å². The summed E-state index contributed by atoms with van der Waals surface area (Å²) >= 11 is 5.17. The van der Waals surface area contributed by atoms with E-state index in [0.29, 0.717) is 0 Å². The Labute approximate surface area is 126 Å².